The highest BCUT2D eigenvalue weighted by atomic mass is 31.1. The maximum Gasteiger partial charge on any atom is 0.139 e. The van der Waals surface area contributed by atoms with Crippen LogP contribution < -0.4 is 36.6 Å². The van der Waals surface area contributed by atoms with Crippen LogP contribution in [0.25, 0.3) is 0 Å². The lowest BCUT2D eigenvalue weighted by atomic mass is 9.63. The predicted molar refractivity (Wildman–Crippen MR) is 231 cm³/mol. The molecule has 0 saturated carbocycles. The van der Waals surface area contributed by atoms with Crippen molar-refractivity contribution in [3.8, 4) is 11.5 Å². The third kappa shape index (κ3) is 7.98. The minimum atomic E-state index is -0.864. The Morgan fingerprint density at radius 2 is 0.808 bits per heavy atom. The molecule has 266 valence electrons. The van der Waals surface area contributed by atoms with Crippen molar-refractivity contribution in [2.24, 2.45) is 17.8 Å². The van der Waals surface area contributed by atoms with E-state index in [0.29, 0.717) is 11.8 Å². The smallest absolute Gasteiger partial charge is 0.139 e. The number of ether oxygens (including phenoxy) is 1. The summed E-state index contributed by atoms with van der Waals surface area (Å²) in [5.41, 5.74) is 2.41. The number of fused-ring (bicyclic) bond motifs is 2. The topological polar surface area (TPSA) is 9.23 Å². The normalized spacial score (nSPS) is 13.6. The molecule has 1 aliphatic heterocycles. The number of para-hydroxylation sites is 2. The van der Waals surface area contributed by atoms with Crippen LogP contribution in [0, 0.1) is 17.8 Å². The van der Waals surface area contributed by atoms with E-state index in [1.165, 1.54) is 43.0 Å². The molecule has 0 N–H and O–H groups in total. The minimum absolute atomic E-state index is 0.225. The second-order valence-corrected chi connectivity index (χ2v) is 19.5. The Morgan fingerprint density at radius 1 is 0.481 bits per heavy atom. The van der Waals surface area contributed by atoms with Gasteiger partial charge in [-0.25, -0.2) is 0 Å². The highest BCUT2D eigenvalue weighted by Gasteiger charge is 2.46. The Morgan fingerprint density at radius 3 is 1.10 bits per heavy atom. The first kappa shape index (κ1) is 37.7. The van der Waals surface area contributed by atoms with Crippen molar-refractivity contribution in [2.45, 2.75) is 66.7 Å². The van der Waals surface area contributed by atoms with Crippen molar-refractivity contribution in [1.82, 2.24) is 0 Å². The van der Waals surface area contributed by atoms with Gasteiger partial charge in [0.1, 0.15) is 11.5 Å². The second-order valence-electron chi connectivity index (χ2n) is 15.1. The van der Waals surface area contributed by atoms with Gasteiger partial charge in [0, 0.05) is 27.2 Å². The fourth-order valence-electron chi connectivity index (χ4n) is 7.66. The zero-order valence-electron chi connectivity index (χ0n) is 32.0. The summed E-state index contributed by atoms with van der Waals surface area (Å²) >= 11 is 0. The fourth-order valence-corrected chi connectivity index (χ4v) is 12.5. The standard InChI is InChI=1S/C45H44OP2.C4H10/c1-5-34(32-33(2)3)45(4)39-28-18-30-41(47(35-20-10-6-11-21-35)36-22-12-7-13-23-36)43(39)46-44-40(45)29-19-31-42(44)48(37-24-14-8-15-25-37)38-26-16-9-17-27-38;1-4(2)3/h6-31,33-34H,5,32H2,1-4H3;4H,1-3H3/t34-;/m1./s1. The maximum atomic E-state index is 7.52. The van der Waals surface area contributed by atoms with Gasteiger partial charge in [-0.3, -0.25) is 0 Å². The number of hydrogen-bond donors (Lipinski definition) is 0. The Bertz CT molecular complexity index is 1790. The molecule has 1 atom stereocenters. The van der Waals surface area contributed by atoms with Gasteiger partial charge in [-0.2, -0.15) is 0 Å². The van der Waals surface area contributed by atoms with Crippen LogP contribution in [0.5, 0.6) is 11.5 Å². The highest BCUT2D eigenvalue weighted by Crippen LogP contribution is 2.56. The summed E-state index contributed by atoms with van der Waals surface area (Å²) in [7, 11) is -1.73. The summed E-state index contributed by atoms with van der Waals surface area (Å²) in [6, 6.07) is 58.1. The first-order valence-electron chi connectivity index (χ1n) is 19.0. The minimum Gasteiger partial charge on any atom is -0.455 e. The SMILES string of the molecule is CC(C)C.CC[C@H](CC(C)C)C1(C)c2cccc(P(c3ccccc3)c3ccccc3)c2Oc2c(P(c3ccccc3)c3ccccc3)cccc21. The fraction of sp³-hybridized carbons (Fsp3) is 0.265. The van der Waals surface area contributed by atoms with Crippen molar-refractivity contribution < 1.29 is 4.74 Å². The molecule has 0 amide bonds. The van der Waals surface area contributed by atoms with E-state index in [1.807, 2.05) is 0 Å². The molecule has 1 aliphatic rings. The van der Waals surface area contributed by atoms with Crippen LogP contribution in [-0.2, 0) is 5.41 Å². The van der Waals surface area contributed by atoms with Crippen LogP contribution in [0.3, 0.4) is 0 Å². The van der Waals surface area contributed by atoms with E-state index in [1.54, 1.807) is 0 Å². The largest absolute Gasteiger partial charge is 0.455 e. The van der Waals surface area contributed by atoms with Gasteiger partial charge >= 0.3 is 0 Å². The molecule has 0 spiro atoms. The molecular formula is C49H54OP2. The van der Waals surface area contributed by atoms with Crippen molar-refractivity contribution in [1.29, 1.82) is 0 Å². The molecule has 0 saturated heterocycles. The van der Waals surface area contributed by atoms with Crippen LogP contribution in [0.2, 0.25) is 0 Å². The van der Waals surface area contributed by atoms with Crippen molar-refractivity contribution in [3.05, 3.63) is 169 Å². The van der Waals surface area contributed by atoms with Gasteiger partial charge in [-0.15, -0.1) is 0 Å². The molecule has 0 unspecified atom stereocenters. The van der Waals surface area contributed by atoms with Crippen LogP contribution in [0.1, 0.15) is 72.4 Å². The van der Waals surface area contributed by atoms with E-state index >= 15 is 0 Å². The first-order chi connectivity index (χ1) is 25.2. The van der Waals surface area contributed by atoms with Crippen LogP contribution in [0.15, 0.2) is 158 Å². The van der Waals surface area contributed by atoms with Crippen LogP contribution in [0.4, 0.5) is 0 Å². The van der Waals surface area contributed by atoms with Gasteiger partial charge < -0.3 is 4.74 Å². The van der Waals surface area contributed by atoms with E-state index < -0.39 is 15.8 Å². The summed E-state index contributed by atoms with van der Waals surface area (Å²) in [5.74, 6) is 3.97. The molecule has 3 heteroatoms. The Kier molecular flexibility index (Phi) is 12.5. The number of rotatable bonds is 10. The van der Waals surface area contributed by atoms with E-state index in [0.717, 1.165) is 30.3 Å². The van der Waals surface area contributed by atoms with Gasteiger partial charge in [0.05, 0.1) is 0 Å². The lowest BCUT2D eigenvalue weighted by molar-refractivity contribution is 0.259. The number of hydrogen-bond acceptors (Lipinski definition) is 1. The first-order valence-corrected chi connectivity index (χ1v) is 21.7. The van der Waals surface area contributed by atoms with E-state index in [9.17, 15) is 0 Å². The van der Waals surface area contributed by atoms with Crippen LogP contribution >= 0.6 is 15.8 Å². The average molecular weight is 721 g/mol. The molecule has 0 bridgehead atoms. The second kappa shape index (κ2) is 17.2. The zero-order chi connectivity index (χ0) is 36.7. The third-order valence-electron chi connectivity index (χ3n) is 9.92. The lowest BCUT2D eigenvalue weighted by Gasteiger charge is -2.45. The summed E-state index contributed by atoms with van der Waals surface area (Å²) in [6.45, 7) is 16.1. The molecule has 1 heterocycles. The van der Waals surface area contributed by atoms with Crippen molar-refractivity contribution >= 4 is 47.7 Å². The molecule has 0 aromatic heterocycles. The monoisotopic (exact) mass is 720 g/mol. The molecule has 7 rings (SSSR count). The molecule has 1 nitrogen and oxygen atoms in total. The van der Waals surface area contributed by atoms with Gasteiger partial charge in [-0.1, -0.05) is 213 Å². The van der Waals surface area contributed by atoms with Crippen molar-refractivity contribution in [3.63, 3.8) is 0 Å². The molecule has 0 aliphatic carbocycles. The molecule has 6 aromatic rings. The molecular weight excluding hydrogens is 666 g/mol. The number of benzene rings is 6. The lowest BCUT2D eigenvalue weighted by Crippen LogP contribution is -2.40. The third-order valence-corrected chi connectivity index (χ3v) is 14.8. The van der Waals surface area contributed by atoms with Crippen LogP contribution in [-0.4, -0.2) is 0 Å². The quantitative estimate of drug-likeness (QED) is 0.128. The summed E-state index contributed by atoms with van der Waals surface area (Å²) in [5, 5.41) is 7.91. The Labute approximate surface area is 316 Å². The molecule has 52 heavy (non-hydrogen) atoms. The van der Waals surface area contributed by atoms with E-state index in [4.69, 9.17) is 4.74 Å². The Balaban J connectivity index is 0.00000110. The summed E-state index contributed by atoms with van der Waals surface area (Å²) in [4.78, 5) is 0. The average Bonchev–Trinajstić information content (AvgIpc) is 3.16. The maximum absolute atomic E-state index is 7.52. The van der Waals surface area contributed by atoms with Gasteiger partial charge in [0.2, 0.25) is 0 Å². The highest BCUT2D eigenvalue weighted by molar-refractivity contribution is 7.80. The van der Waals surface area contributed by atoms with Gasteiger partial charge in [0.25, 0.3) is 0 Å². The molecule has 6 aromatic carbocycles. The van der Waals surface area contributed by atoms with Gasteiger partial charge in [-0.05, 0) is 61.2 Å². The predicted octanol–water partition coefficient (Wildman–Crippen LogP) is 11.3. The van der Waals surface area contributed by atoms with E-state index in [-0.39, 0.29) is 5.41 Å². The van der Waals surface area contributed by atoms with Gasteiger partial charge in [0.15, 0.2) is 0 Å². The van der Waals surface area contributed by atoms with E-state index in [2.05, 4.69) is 206 Å². The summed E-state index contributed by atoms with van der Waals surface area (Å²) in [6.07, 6.45) is 2.25. The van der Waals surface area contributed by atoms with Crippen molar-refractivity contribution in [2.75, 3.05) is 0 Å². The zero-order valence-corrected chi connectivity index (χ0v) is 33.7. The Hall–Kier alpha value is -4.02. The molecule has 0 fully saturated rings. The summed E-state index contributed by atoms with van der Waals surface area (Å²) < 4.78 is 7.52. The molecule has 0 radical (unpaired) electrons.